The van der Waals surface area contributed by atoms with Gasteiger partial charge in [0.1, 0.15) is 5.75 Å². The van der Waals surface area contributed by atoms with Crippen LogP contribution in [0.3, 0.4) is 0 Å². The molecule has 12 heteroatoms. The number of halogens is 2. The second-order valence-electron chi connectivity index (χ2n) is 6.46. The van der Waals surface area contributed by atoms with E-state index < -0.39 is 5.91 Å². The minimum absolute atomic E-state index is 0.139. The molecule has 0 saturated carbocycles. The van der Waals surface area contributed by atoms with Crippen molar-refractivity contribution >= 4 is 35.0 Å². The average molecular weight is 495 g/mol. The Bertz CT molecular complexity index is 1140. The summed E-state index contributed by atoms with van der Waals surface area (Å²) in [5.74, 6) is 0.414. The van der Waals surface area contributed by atoms with Gasteiger partial charge in [0.2, 0.25) is 5.82 Å². The van der Waals surface area contributed by atoms with Gasteiger partial charge in [-0.15, -0.1) is 0 Å². The summed E-state index contributed by atoms with van der Waals surface area (Å²) < 4.78 is 20.8. The van der Waals surface area contributed by atoms with Crippen LogP contribution in [0.25, 0.3) is 11.4 Å². The summed E-state index contributed by atoms with van der Waals surface area (Å²) in [5, 5.41) is 9.76. The number of aromatic nitrogens is 2. The van der Waals surface area contributed by atoms with Crippen molar-refractivity contribution < 1.29 is 28.3 Å². The van der Waals surface area contributed by atoms with Gasteiger partial charge in [0.15, 0.2) is 18.1 Å². The predicted octanol–water partition coefficient (Wildman–Crippen LogP) is 2.99. The number of rotatable bonds is 10. The Kier molecular flexibility index (Phi) is 8.34. The van der Waals surface area contributed by atoms with Gasteiger partial charge in [0.25, 0.3) is 5.91 Å². The van der Waals surface area contributed by atoms with Crippen molar-refractivity contribution in [2.24, 2.45) is 0 Å². The number of nitrogens with zero attached hydrogens (tertiary/aromatic N) is 2. The predicted molar refractivity (Wildman–Crippen MR) is 120 cm³/mol. The van der Waals surface area contributed by atoms with Gasteiger partial charge in [-0.1, -0.05) is 28.4 Å². The number of carbonyl (C=O) groups excluding carboxylic acids is 2. The first-order valence-corrected chi connectivity index (χ1v) is 10.4. The lowest BCUT2D eigenvalue weighted by molar-refractivity contribution is -0.123. The first-order chi connectivity index (χ1) is 15.9. The van der Waals surface area contributed by atoms with Crippen molar-refractivity contribution in [3.63, 3.8) is 0 Å². The molecule has 0 atom stereocenters. The molecule has 1 aromatic heterocycles. The van der Waals surface area contributed by atoms with Crippen molar-refractivity contribution in [1.29, 1.82) is 0 Å². The lowest BCUT2D eigenvalue weighted by Crippen LogP contribution is -2.36. The Balaban J connectivity index is 1.44. The van der Waals surface area contributed by atoms with Crippen LogP contribution in [0.15, 0.2) is 40.9 Å². The van der Waals surface area contributed by atoms with E-state index in [-0.39, 0.29) is 37.3 Å². The Morgan fingerprint density at radius 2 is 1.70 bits per heavy atom. The van der Waals surface area contributed by atoms with E-state index >= 15 is 0 Å². The third-order valence-corrected chi connectivity index (χ3v) is 4.78. The molecule has 2 amide bonds. The highest BCUT2D eigenvalue weighted by Crippen LogP contribution is 2.31. The van der Waals surface area contributed by atoms with Crippen molar-refractivity contribution in [3.05, 3.63) is 52.3 Å². The van der Waals surface area contributed by atoms with E-state index in [4.69, 9.17) is 41.9 Å². The van der Waals surface area contributed by atoms with Crippen molar-refractivity contribution in [2.75, 3.05) is 33.9 Å². The Hall–Kier alpha value is -3.50. The van der Waals surface area contributed by atoms with Crippen molar-refractivity contribution in [2.45, 2.75) is 0 Å². The number of hydrogen-bond donors (Lipinski definition) is 2. The van der Waals surface area contributed by atoms with E-state index in [0.717, 1.165) is 0 Å². The maximum absolute atomic E-state index is 12.2. The molecule has 33 heavy (non-hydrogen) atoms. The highest BCUT2D eigenvalue weighted by Gasteiger charge is 2.17. The highest BCUT2D eigenvalue weighted by atomic mass is 35.5. The van der Waals surface area contributed by atoms with Crippen LogP contribution in [0, 0.1) is 0 Å². The van der Waals surface area contributed by atoms with Gasteiger partial charge in [0, 0.05) is 23.7 Å². The van der Waals surface area contributed by atoms with E-state index in [1.165, 1.54) is 20.3 Å². The minimum atomic E-state index is -0.576. The number of carbonyl (C=O) groups is 2. The van der Waals surface area contributed by atoms with E-state index in [0.29, 0.717) is 32.9 Å². The lowest BCUT2D eigenvalue weighted by Gasteiger charge is -2.09. The third kappa shape index (κ3) is 6.50. The molecule has 0 bridgehead atoms. The van der Waals surface area contributed by atoms with Gasteiger partial charge >= 0.3 is 11.8 Å². The summed E-state index contributed by atoms with van der Waals surface area (Å²) in [6, 6.07) is 9.75. The summed E-state index contributed by atoms with van der Waals surface area (Å²) in [4.78, 5) is 28.2. The van der Waals surface area contributed by atoms with Crippen molar-refractivity contribution in [3.8, 4) is 28.6 Å². The Morgan fingerprint density at radius 3 is 2.42 bits per heavy atom. The number of ether oxygens (including phenoxy) is 3. The second kappa shape index (κ2) is 11.4. The van der Waals surface area contributed by atoms with Crippen LogP contribution in [0.2, 0.25) is 10.0 Å². The van der Waals surface area contributed by atoms with E-state index in [9.17, 15) is 9.59 Å². The largest absolute Gasteiger partial charge is 0.493 e. The minimum Gasteiger partial charge on any atom is -0.493 e. The van der Waals surface area contributed by atoms with Crippen LogP contribution in [-0.4, -0.2) is 55.9 Å². The van der Waals surface area contributed by atoms with Gasteiger partial charge < -0.3 is 29.4 Å². The third-order valence-electron chi connectivity index (χ3n) is 4.25. The van der Waals surface area contributed by atoms with Gasteiger partial charge in [-0.25, -0.2) is 0 Å². The first kappa shape index (κ1) is 24.1. The van der Waals surface area contributed by atoms with E-state index in [1.54, 1.807) is 30.3 Å². The molecule has 2 N–H and O–H groups in total. The molecule has 0 saturated heterocycles. The van der Waals surface area contributed by atoms with Gasteiger partial charge in [-0.2, -0.15) is 4.98 Å². The molecule has 3 aromatic rings. The number of amides is 2. The summed E-state index contributed by atoms with van der Waals surface area (Å²) >= 11 is 11.8. The quantitative estimate of drug-likeness (QED) is 0.412. The van der Waals surface area contributed by atoms with Gasteiger partial charge in [-0.3, -0.25) is 9.59 Å². The van der Waals surface area contributed by atoms with Crippen LogP contribution in [0.5, 0.6) is 17.2 Å². The maximum atomic E-state index is 12.2. The Labute approximate surface area is 199 Å². The molecule has 0 aliphatic rings. The van der Waals surface area contributed by atoms with Crippen LogP contribution in [0.4, 0.5) is 0 Å². The zero-order valence-electron chi connectivity index (χ0n) is 17.7. The number of methoxy groups -OCH3 is 2. The zero-order valence-corrected chi connectivity index (χ0v) is 19.2. The fourth-order valence-corrected chi connectivity index (χ4v) is 3.11. The summed E-state index contributed by atoms with van der Waals surface area (Å²) in [5.41, 5.74) is 0.587. The highest BCUT2D eigenvalue weighted by molar-refractivity contribution is 6.35. The van der Waals surface area contributed by atoms with Gasteiger partial charge in [0.05, 0.1) is 19.2 Å². The molecule has 0 fully saturated rings. The van der Waals surface area contributed by atoms with Gasteiger partial charge in [-0.05, 0) is 36.4 Å². The normalized spacial score (nSPS) is 10.4. The second-order valence-corrected chi connectivity index (χ2v) is 7.31. The van der Waals surface area contributed by atoms with Crippen LogP contribution < -0.4 is 24.8 Å². The smallest absolute Gasteiger partial charge is 0.316 e. The monoisotopic (exact) mass is 494 g/mol. The number of nitrogens with one attached hydrogen (secondary N) is 2. The summed E-state index contributed by atoms with van der Waals surface area (Å²) in [6.07, 6.45) is 0. The molecule has 1 heterocycles. The molecule has 0 unspecified atom stereocenters. The molecular weight excluding hydrogens is 475 g/mol. The van der Waals surface area contributed by atoms with Crippen molar-refractivity contribution in [1.82, 2.24) is 20.8 Å². The fraction of sp³-hybridized carbons (Fsp3) is 0.238. The number of benzene rings is 2. The standard InChI is InChI=1S/C21H20Cl2N4O6/c1-30-16-5-3-12(9-17(16)31-2)19-26-21(33-27-19)20(29)25-8-7-24-18(28)11-32-15-6-4-13(22)10-14(15)23/h3-6,9-10H,7-8,11H2,1-2H3,(H,24,28)(H,25,29). The van der Waals surface area contributed by atoms with E-state index in [2.05, 4.69) is 20.8 Å². The van der Waals surface area contributed by atoms with Crippen LogP contribution in [-0.2, 0) is 4.79 Å². The molecule has 0 aliphatic carbocycles. The summed E-state index contributed by atoms with van der Waals surface area (Å²) in [6.45, 7) is 0.0624. The topological polar surface area (TPSA) is 125 Å². The Morgan fingerprint density at radius 1 is 0.970 bits per heavy atom. The van der Waals surface area contributed by atoms with E-state index in [1.807, 2.05) is 0 Å². The fourth-order valence-electron chi connectivity index (χ4n) is 2.65. The molecule has 2 aromatic carbocycles. The molecule has 3 rings (SSSR count). The number of hydrogen-bond acceptors (Lipinski definition) is 8. The lowest BCUT2D eigenvalue weighted by atomic mass is 10.2. The molecule has 174 valence electrons. The molecule has 0 aliphatic heterocycles. The van der Waals surface area contributed by atoms with Crippen LogP contribution in [0.1, 0.15) is 10.7 Å². The average Bonchev–Trinajstić information content (AvgIpc) is 3.31. The maximum Gasteiger partial charge on any atom is 0.316 e. The molecule has 0 spiro atoms. The SMILES string of the molecule is COc1ccc(-c2noc(C(=O)NCCNC(=O)COc3ccc(Cl)cc3Cl)n2)cc1OC. The molecular formula is C21H20Cl2N4O6. The first-order valence-electron chi connectivity index (χ1n) is 9.60. The molecule has 10 nitrogen and oxygen atoms in total. The zero-order chi connectivity index (χ0) is 23.8. The van der Waals surface area contributed by atoms with Crippen LogP contribution >= 0.6 is 23.2 Å². The molecule has 0 radical (unpaired) electrons. The summed E-state index contributed by atoms with van der Waals surface area (Å²) in [7, 11) is 3.04.